The van der Waals surface area contributed by atoms with Gasteiger partial charge in [-0.3, -0.25) is 4.79 Å². The van der Waals surface area contributed by atoms with E-state index in [0.717, 1.165) is 24.1 Å². The van der Waals surface area contributed by atoms with Crippen molar-refractivity contribution in [3.05, 3.63) is 35.4 Å². The van der Waals surface area contributed by atoms with E-state index in [1.807, 2.05) is 38.1 Å². The molecule has 0 heterocycles. The highest BCUT2D eigenvalue weighted by Gasteiger charge is 2.21. The van der Waals surface area contributed by atoms with Crippen LogP contribution in [-0.4, -0.2) is 22.6 Å². The summed E-state index contributed by atoms with van der Waals surface area (Å²) in [5.41, 5.74) is 1.86. The third-order valence-corrected chi connectivity index (χ3v) is 3.16. The molecule has 0 spiro atoms. The van der Waals surface area contributed by atoms with E-state index < -0.39 is 0 Å². The highest BCUT2D eigenvalue weighted by atomic mass is 16.3. The Labute approximate surface area is 121 Å². The second kappa shape index (κ2) is 7.41. The molecule has 1 rings (SSSR count). The monoisotopic (exact) mass is 278 g/mol. The minimum absolute atomic E-state index is 0.00199. The number of aliphatic hydroxyl groups is 1. The zero-order valence-corrected chi connectivity index (χ0v) is 12.9. The second-order valence-electron chi connectivity index (χ2n) is 6.03. The van der Waals surface area contributed by atoms with Gasteiger partial charge in [-0.15, -0.1) is 0 Å². The summed E-state index contributed by atoms with van der Waals surface area (Å²) in [5, 5.41) is 15.5. The van der Waals surface area contributed by atoms with Gasteiger partial charge in [-0.1, -0.05) is 24.3 Å². The molecule has 0 saturated heterocycles. The molecule has 0 aliphatic heterocycles. The van der Waals surface area contributed by atoms with Crippen LogP contribution >= 0.6 is 0 Å². The van der Waals surface area contributed by atoms with Crippen LogP contribution in [0.2, 0.25) is 0 Å². The first-order valence-electron chi connectivity index (χ1n) is 7.03. The Hall–Kier alpha value is -1.39. The maximum absolute atomic E-state index is 11.1. The van der Waals surface area contributed by atoms with Crippen LogP contribution in [0.4, 0.5) is 0 Å². The normalized spacial score (nSPS) is 13.1. The van der Waals surface area contributed by atoms with Crippen molar-refractivity contribution in [1.82, 2.24) is 10.6 Å². The molecule has 4 heteroatoms. The average Bonchev–Trinajstić information content (AvgIpc) is 2.34. The lowest BCUT2D eigenvalue weighted by atomic mass is 9.95. The van der Waals surface area contributed by atoms with Gasteiger partial charge in [0.05, 0.1) is 6.61 Å². The Kier molecular flexibility index (Phi) is 6.17. The van der Waals surface area contributed by atoms with Crippen molar-refractivity contribution in [1.29, 1.82) is 0 Å². The number of hydrogen-bond acceptors (Lipinski definition) is 3. The van der Waals surface area contributed by atoms with E-state index in [1.54, 1.807) is 6.92 Å². The first-order chi connectivity index (χ1) is 9.32. The lowest BCUT2D eigenvalue weighted by Gasteiger charge is -2.29. The fraction of sp³-hybridized carbons (Fsp3) is 0.562. The van der Waals surface area contributed by atoms with Crippen molar-refractivity contribution in [3.63, 3.8) is 0 Å². The Morgan fingerprint density at radius 2 is 2.00 bits per heavy atom. The van der Waals surface area contributed by atoms with Crippen molar-refractivity contribution in [3.8, 4) is 0 Å². The number of aliphatic hydroxyl groups excluding tert-OH is 1. The van der Waals surface area contributed by atoms with E-state index in [2.05, 4.69) is 17.6 Å². The smallest absolute Gasteiger partial charge is 0.217 e. The summed E-state index contributed by atoms with van der Waals surface area (Å²) in [4.78, 5) is 11.1. The van der Waals surface area contributed by atoms with Gasteiger partial charge in [-0.25, -0.2) is 0 Å². The van der Waals surface area contributed by atoms with Gasteiger partial charge in [0.1, 0.15) is 0 Å². The van der Waals surface area contributed by atoms with E-state index in [9.17, 15) is 4.79 Å². The van der Waals surface area contributed by atoms with E-state index in [4.69, 9.17) is 5.11 Å². The summed E-state index contributed by atoms with van der Waals surface area (Å²) in [6.45, 7) is 8.53. The number of nitrogens with one attached hydrogen (secondary N) is 2. The van der Waals surface area contributed by atoms with Crippen molar-refractivity contribution < 1.29 is 9.90 Å². The Balaban J connectivity index is 2.46. The van der Waals surface area contributed by atoms with Gasteiger partial charge in [0, 0.05) is 25.0 Å². The number of benzene rings is 1. The molecule has 4 nitrogen and oxygen atoms in total. The molecule has 1 aromatic rings. The van der Waals surface area contributed by atoms with E-state index in [0.29, 0.717) is 0 Å². The van der Waals surface area contributed by atoms with Crippen LogP contribution in [-0.2, 0) is 17.9 Å². The fourth-order valence-electron chi connectivity index (χ4n) is 2.50. The average molecular weight is 278 g/mol. The van der Waals surface area contributed by atoms with Gasteiger partial charge < -0.3 is 15.7 Å². The molecule has 3 N–H and O–H groups in total. The summed E-state index contributed by atoms with van der Waals surface area (Å²) >= 11 is 0. The van der Waals surface area contributed by atoms with Gasteiger partial charge in [0.15, 0.2) is 0 Å². The minimum Gasteiger partial charge on any atom is -0.392 e. The largest absolute Gasteiger partial charge is 0.392 e. The van der Waals surface area contributed by atoms with E-state index >= 15 is 0 Å². The summed E-state index contributed by atoms with van der Waals surface area (Å²) in [6.07, 6.45) is 0.853. The zero-order valence-electron chi connectivity index (χ0n) is 12.9. The van der Waals surface area contributed by atoms with Crippen molar-refractivity contribution in [2.45, 2.75) is 58.8 Å². The molecule has 1 amide bonds. The topological polar surface area (TPSA) is 61.4 Å². The maximum Gasteiger partial charge on any atom is 0.217 e. The number of carbonyl (C=O) groups excluding carboxylic acids is 1. The first-order valence-corrected chi connectivity index (χ1v) is 7.03. The first kappa shape index (κ1) is 16.7. The van der Waals surface area contributed by atoms with Gasteiger partial charge in [-0.05, 0) is 38.3 Å². The van der Waals surface area contributed by atoms with Gasteiger partial charge >= 0.3 is 0 Å². The Morgan fingerprint density at radius 3 is 2.60 bits per heavy atom. The van der Waals surface area contributed by atoms with Crippen LogP contribution < -0.4 is 10.6 Å². The molecular weight excluding hydrogens is 252 g/mol. The molecule has 0 saturated carbocycles. The molecular formula is C16H26N2O2. The number of carbonyl (C=O) groups is 1. The van der Waals surface area contributed by atoms with Crippen LogP contribution in [0, 0.1) is 0 Å². The molecule has 1 aromatic carbocycles. The Morgan fingerprint density at radius 1 is 1.35 bits per heavy atom. The molecule has 0 unspecified atom stereocenters. The molecule has 112 valence electrons. The van der Waals surface area contributed by atoms with Crippen molar-refractivity contribution in [2.75, 3.05) is 0 Å². The molecule has 0 aromatic heterocycles. The molecule has 0 aliphatic carbocycles. The standard InChI is InChI=1S/C16H26N2O2/c1-12(9-16(3,4)18-13(2)20)17-10-14-6-5-7-15(8-14)11-19/h5-8,12,17,19H,9-11H2,1-4H3,(H,18,20)/t12-/m0/s1. The molecule has 0 bridgehead atoms. The number of hydrogen-bond donors (Lipinski definition) is 3. The van der Waals surface area contributed by atoms with Crippen LogP contribution in [0.5, 0.6) is 0 Å². The molecule has 20 heavy (non-hydrogen) atoms. The zero-order chi connectivity index (χ0) is 15.2. The van der Waals surface area contributed by atoms with Crippen molar-refractivity contribution in [2.24, 2.45) is 0 Å². The molecule has 0 aliphatic rings. The SMILES string of the molecule is CC(=O)NC(C)(C)C[C@H](C)NCc1cccc(CO)c1. The van der Waals surface area contributed by atoms with Crippen LogP contribution in [0.1, 0.15) is 45.2 Å². The van der Waals surface area contributed by atoms with Crippen LogP contribution in [0.15, 0.2) is 24.3 Å². The molecule has 0 radical (unpaired) electrons. The predicted octanol–water partition coefficient (Wildman–Crippen LogP) is 1.96. The minimum atomic E-state index is -0.217. The summed E-state index contributed by atoms with van der Waals surface area (Å²) < 4.78 is 0. The highest BCUT2D eigenvalue weighted by Crippen LogP contribution is 2.12. The second-order valence-corrected chi connectivity index (χ2v) is 6.03. The van der Waals surface area contributed by atoms with Gasteiger partial charge in [0.25, 0.3) is 0 Å². The quantitative estimate of drug-likeness (QED) is 0.714. The van der Waals surface area contributed by atoms with E-state index in [1.165, 1.54) is 0 Å². The van der Waals surface area contributed by atoms with Crippen molar-refractivity contribution >= 4 is 5.91 Å². The number of amides is 1. The van der Waals surface area contributed by atoms with Gasteiger partial charge in [-0.2, -0.15) is 0 Å². The van der Waals surface area contributed by atoms with Crippen LogP contribution in [0.25, 0.3) is 0 Å². The lowest BCUT2D eigenvalue weighted by molar-refractivity contribution is -0.120. The predicted molar refractivity (Wildman–Crippen MR) is 81.2 cm³/mol. The maximum atomic E-state index is 11.1. The third kappa shape index (κ3) is 6.17. The summed E-state index contributed by atoms with van der Waals surface area (Å²) in [6, 6.07) is 8.19. The van der Waals surface area contributed by atoms with E-state index in [-0.39, 0.29) is 24.1 Å². The third-order valence-electron chi connectivity index (χ3n) is 3.16. The number of rotatable bonds is 7. The molecule has 0 fully saturated rings. The summed E-state index contributed by atoms with van der Waals surface area (Å²) in [5.74, 6) is -0.00199. The summed E-state index contributed by atoms with van der Waals surface area (Å²) in [7, 11) is 0. The highest BCUT2D eigenvalue weighted by molar-refractivity contribution is 5.73. The van der Waals surface area contributed by atoms with Gasteiger partial charge in [0.2, 0.25) is 5.91 Å². The van der Waals surface area contributed by atoms with Crippen LogP contribution in [0.3, 0.4) is 0 Å². The fourth-order valence-corrected chi connectivity index (χ4v) is 2.50. The lowest BCUT2D eigenvalue weighted by Crippen LogP contribution is -2.46. The molecule has 1 atom stereocenters. The Bertz CT molecular complexity index is 444.